The van der Waals surface area contributed by atoms with E-state index in [1.807, 2.05) is 13.8 Å². The third kappa shape index (κ3) is 5.53. The summed E-state index contributed by atoms with van der Waals surface area (Å²) >= 11 is -5.62. The first-order valence-electron chi connectivity index (χ1n) is 5.64. The Hall–Kier alpha value is -0.710. The quantitative estimate of drug-likeness (QED) is 0.662. The summed E-state index contributed by atoms with van der Waals surface area (Å²) in [6.45, 7) is 3.62. The molecule has 9 heteroatoms. The molecule has 0 radical (unpaired) electrons. The maximum absolute atomic E-state index is 13.0. The van der Waals surface area contributed by atoms with E-state index in [0.717, 1.165) is 0 Å². The van der Waals surface area contributed by atoms with Gasteiger partial charge >= 0.3 is 5.51 Å². The predicted octanol–water partition coefficient (Wildman–Crippen LogP) is 0.433. The Balaban J connectivity index is 0.000000383. The molecule has 2 aromatic rings. The van der Waals surface area contributed by atoms with E-state index >= 15 is 0 Å². The molecule has 21 heavy (non-hydrogen) atoms. The molecule has 0 saturated carbocycles. The SMILES string of the molecule is CC(C)c1cc2ccccc2[s+]1C(F)(F)F.[O-][Br+3]([O-])([O-])[O-]. The average molecular weight is 389 g/mol. The van der Waals surface area contributed by atoms with E-state index in [9.17, 15) is 13.2 Å². The molecule has 0 aliphatic carbocycles. The molecule has 0 spiro atoms. The van der Waals surface area contributed by atoms with Crippen LogP contribution in [0.5, 0.6) is 0 Å². The van der Waals surface area contributed by atoms with Crippen molar-refractivity contribution >= 4 is 20.6 Å². The molecular weight excluding hydrogens is 377 g/mol. The summed E-state index contributed by atoms with van der Waals surface area (Å²) in [5.41, 5.74) is -4.16. The Bertz CT molecular complexity index is 599. The fourth-order valence-corrected chi connectivity index (χ4v) is 3.85. The molecule has 1 aromatic heterocycles. The van der Waals surface area contributed by atoms with E-state index in [0.29, 0.717) is 15.0 Å². The smallest absolute Gasteiger partial charge is 0.264 e. The molecule has 0 N–H and O–H groups in total. The van der Waals surface area contributed by atoms with Crippen LogP contribution in [0.1, 0.15) is 24.6 Å². The van der Waals surface area contributed by atoms with Crippen molar-refractivity contribution in [3.63, 3.8) is 0 Å². The average Bonchev–Trinajstić information content (AvgIpc) is 2.65. The van der Waals surface area contributed by atoms with Gasteiger partial charge in [-0.2, -0.15) is 0 Å². The highest BCUT2D eigenvalue weighted by molar-refractivity contribution is 7.38. The molecule has 1 atom stereocenters. The van der Waals surface area contributed by atoms with Crippen molar-refractivity contribution in [1.29, 1.82) is 0 Å². The van der Waals surface area contributed by atoms with E-state index in [2.05, 4.69) is 0 Å². The van der Waals surface area contributed by atoms with Gasteiger partial charge in [0.05, 0.1) is 24.6 Å². The molecular formula is C12H12BrF3O4S. The summed E-state index contributed by atoms with van der Waals surface area (Å²) in [5.74, 6) is -0.0719. The number of alkyl halides is 3. The molecule has 0 amide bonds. The van der Waals surface area contributed by atoms with E-state index in [-0.39, 0.29) is 5.92 Å². The van der Waals surface area contributed by atoms with E-state index in [4.69, 9.17) is 16.8 Å². The van der Waals surface area contributed by atoms with Crippen LogP contribution in [0.25, 0.3) is 10.1 Å². The molecule has 1 heterocycles. The third-order valence-corrected chi connectivity index (χ3v) is 4.81. The molecule has 0 saturated heterocycles. The molecule has 0 fully saturated rings. The second-order valence-electron chi connectivity index (χ2n) is 4.37. The lowest BCUT2D eigenvalue weighted by atomic mass is 10.1. The number of hydrogen-bond acceptors (Lipinski definition) is 4. The van der Waals surface area contributed by atoms with Crippen LogP contribution in [0.2, 0.25) is 0 Å². The topological polar surface area (TPSA) is 92.2 Å². The molecule has 0 aliphatic rings. The summed E-state index contributed by atoms with van der Waals surface area (Å²) in [5, 5.41) is 0.715. The van der Waals surface area contributed by atoms with Gasteiger partial charge in [-0.05, 0) is 12.1 Å². The summed E-state index contributed by atoms with van der Waals surface area (Å²) < 4.78 is 73.8. The first kappa shape index (κ1) is 18.3. The summed E-state index contributed by atoms with van der Waals surface area (Å²) in [4.78, 5) is 0.494. The van der Waals surface area contributed by atoms with Gasteiger partial charge in [0.1, 0.15) is 0 Å². The van der Waals surface area contributed by atoms with Gasteiger partial charge < -0.3 is 0 Å². The van der Waals surface area contributed by atoms with Crippen LogP contribution < -0.4 is 16.8 Å². The Morgan fingerprint density at radius 1 is 1.05 bits per heavy atom. The number of benzene rings is 1. The van der Waals surface area contributed by atoms with Crippen LogP contribution in [0.4, 0.5) is 13.2 Å². The van der Waals surface area contributed by atoms with Crippen molar-refractivity contribution in [2.75, 3.05) is 0 Å². The molecule has 1 aromatic carbocycles. The van der Waals surface area contributed by atoms with Crippen molar-refractivity contribution in [2.24, 2.45) is 0 Å². The van der Waals surface area contributed by atoms with Gasteiger partial charge in [-0.1, -0.05) is 26.0 Å². The molecule has 1 unspecified atom stereocenters. The van der Waals surface area contributed by atoms with Crippen molar-refractivity contribution in [3.05, 3.63) is 35.2 Å². The lowest BCUT2D eigenvalue weighted by molar-refractivity contribution is -2.00. The first-order valence-corrected chi connectivity index (χ1v) is 9.46. The van der Waals surface area contributed by atoms with Gasteiger partial charge in [0, 0.05) is 17.4 Å². The maximum atomic E-state index is 13.0. The summed E-state index contributed by atoms with van der Waals surface area (Å²) in [7, 11) is -1.73. The second kappa shape index (κ2) is 6.59. The van der Waals surface area contributed by atoms with Gasteiger partial charge in [-0.25, -0.2) is 0 Å². The van der Waals surface area contributed by atoms with Gasteiger partial charge in [0.25, 0.3) is 0 Å². The molecule has 0 bridgehead atoms. The van der Waals surface area contributed by atoms with Crippen molar-refractivity contribution < 1.29 is 44.1 Å². The van der Waals surface area contributed by atoms with Crippen molar-refractivity contribution in [3.8, 4) is 0 Å². The minimum Gasteiger partial charge on any atom is -0.264 e. The minimum atomic E-state index is -5.62. The standard InChI is InChI=1S/C12H12F3S.BrO4/c1-8(2)11-7-9-5-3-4-6-10(9)16(11)12(13,14)15;2-1(3,4)5/h3-8H,1-2H3;/q+1;-1. The van der Waals surface area contributed by atoms with Gasteiger partial charge in [-0.3, -0.25) is 16.8 Å². The highest BCUT2D eigenvalue weighted by Gasteiger charge is 2.48. The molecule has 118 valence electrons. The molecule has 0 aliphatic heterocycles. The number of hydrogen-bond donors (Lipinski definition) is 0. The summed E-state index contributed by atoms with van der Waals surface area (Å²) in [6, 6.07) is 8.46. The van der Waals surface area contributed by atoms with Gasteiger partial charge in [0.2, 0.25) is 0 Å². The third-order valence-electron chi connectivity index (χ3n) is 2.47. The zero-order valence-electron chi connectivity index (χ0n) is 11.0. The fourth-order valence-electron chi connectivity index (χ4n) is 1.79. The van der Waals surface area contributed by atoms with E-state index < -0.39 is 30.1 Å². The highest BCUT2D eigenvalue weighted by Crippen LogP contribution is 2.52. The normalized spacial score (nSPS) is 13.3. The highest BCUT2D eigenvalue weighted by atomic mass is 80.0. The zero-order valence-corrected chi connectivity index (χ0v) is 13.4. The second-order valence-corrected chi connectivity index (χ2v) is 7.94. The van der Waals surface area contributed by atoms with Crippen LogP contribution in [0, 0.1) is 14.1 Å². The van der Waals surface area contributed by atoms with Crippen LogP contribution in [0.15, 0.2) is 30.3 Å². The van der Waals surface area contributed by atoms with Crippen LogP contribution in [-0.2, 0) is 5.51 Å². The Morgan fingerprint density at radius 3 is 1.95 bits per heavy atom. The van der Waals surface area contributed by atoms with E-state index in [1.165, 1.54) is 0 Å². The van der Waals surface area contributed by atoms with E-state index in [1.54, 1.807) is 30.3 Å². The van der Waals surface area contributed by atoms with Crippen molar-refractivity contribution in [2.45, 2.75) is 25.3 Å². The Labute approximate surface area is 125 Å². The predicted molar refractivity (Wildman–Crippen MR) is 61.8 cm³/mol. The summed E-state index contributed by atoms with van der Waals surface area (Å²) in [6.07, 6.45) is 0. The fraction of sp³-hybridized carbons (Fsp3) is 0.333. The number of halogens is 4. The van der Waals surface area contributed by atoms with Crippen LogP contribution >= 0.6 is 10.5 Å². The monoisotopic (exact) mass is 388 g/mol. The Morgan fingerprint density at radius 2 is 1.52 bits per heavy atom. The first-order chi connectivity index (χ1) is 9.41. The zero-order chi connectivity index (χ0) is 16.4. The molecule has 4 nitrogen and oxygen atoms in total. The number of rotatable bonds is 1. The van der Waals surface area contributed by atoms with Crippen molar-refractivity contribution in [1.82, 2.24) is 0 Å². The minimum absolute atomic E-state index is 0.0719. The molecule has 2 rings (SSSR count). The number of fused-ring (bicyclic) bond motifs is 1. The van der Waals surface area contributed by atoms with Gasteiger partial charge in [-0.15, -0.1) is 13.2 Å². The van der Waals surface area contributed by atoms with Crippen LogP contribution in [-0.4, -0.2) is 0 Å². The van der Waals surface area contributed by atoms with Gasteiger partial charge in [0.15, 0.2) is 9.58 Å². The Kier molecular flexibility index (Phi) is 5.76. The number of thiophene rings is 1. The van der Waals surface area contributed by atoms with Crippen LogP contribution in [0.3, 0.4) is 0 Å². The lowest BCUT2D eigenvalue weighted by Crippen LogP contribution is -2.68. The maximum Gasteiger partial charge on any atom is 0.600 e. The largest absolute Gasteiger partial charge is 0.600 e. The lowest BCUT2D eigenvalue weighted by Gasteiger charge is -2.11.